The molecule has 0 N–H and O–H groups in total. The second kappa shape index (κ2) is 5.80. The molecule has 20 heavy (non-hydrogen) atoms. The Hall–Kier alpha value is -1.60. The van der Waals surface area contributed by atoms with Crippen molar-refractivity contribution in [2.24, 2.45) is 0 Å². The number of rotatable bonds is 3. The highest BCUT2D eigenvalue weighted by atomic mass is 15.0. The van der Waals surface area contributed by atoms with E-state index in [1.165, 1.54) is 22.3 Å². The summed E-state index contributed by atoms with van der Waals surface area (Å²) >= 11 is 0. The largest absolute Gasteiger partial charge is 0.305 e. The minimum absolute atomic E-state index is 0.187. The van der Waals surface area contributed by atoms with Gasteiger partial charge in [0.25, 0.3) is 0 Å². The smallest absolute Gasteiger partial charge is 0.0233 e. The average Bonchev–Trinajstić information content (AvgIpc) is 2.38. The quantitative estimate of drug-likeness (QED) is 0.778. The molecule has 0 atom stereocenters. The molecule has 0 aromatic heterocycles. The highest BCUT2D eigenvalue weighted by Gasteiger charge is 2.14. The fraction of sp³-hybridized carbons (Fsp3) is 0.368. The Bertz CT molecular complexity index is 576. The second-order valence-corrected chi connectivity index (χ2v) is 6.73. The van der Waals surface area contributed by atoms with Crippen LogP contribution in [0.15, 0.2) is 48.5 Å². The van der Waals surface area contributed by atoms with Crippen molar-refractivity contribution in [2.75, 3.05) is 14.1 Å². The molecule has 0 saturated heterocycles. The third kappa shape index (κ3) is 3.49. The van der Waals surface area contributed by atoms with Gasteiger partial charge in [-0.2, -0.15) is 0 Å². The van der Waals surface area contributed by atoms with Gasteiger partial charge in [-0.15, -0.1) is 0 Å². The van der Waals surface area contributed by atoms with E-state index >= 15 is 0 Å². The maximum absolute atomic E-state index is 2.33. The summed E-state index contributed by atoms with van der Waals surface area (Å²) in [6, 6.07) is 17.6. The van der Waals surface area contributed by atoms with Crippen LogP contribution >= 0.6 is 0 Å². The van der Waals surface area contributed by atoms with E-state index in [-0.39, 0.29) is 5.41 Å². The van der Waals surface area contributed by atoms with Crippen molar-refractivity contribution in [3.8, 4) is 11.1 Å². The molecule has 2 aromatic carbocycles. The van der Waals surface area contributed by atoms with Crippen molar-refractivity contribution in [1.82, 2.24) is 4.90 Å². The van der Waals surface area contributed by atoms with Crippen LogP contribution in [0.1, 0.15) is 31.9 Å². The Balaban J connectivity index is 2.47. The van der Waals surface area contributed by atoms with Gasteiger partial charge in [0.15, 0.2) is 0 Å². The van der Waals surface area contributed by atoms with E-state index in [1.807, 2.05) is 0 Å². The zero-order valence-corrected chi connectivity index (χ0v) is 13.3. The lowest BCUT2D eigenvalue weighted by Crippen LogP contribution is -2.12. The maximum Gasteiger partial charge on any atom is 0.0233 e. The first-order chi connectivity index (χ1) is 9.38. The molecule has 0 bridgehead atoms. The Morgan fingerprint density at radius 2 is 1.60 bits per heavy atom. The van der Waals surface area contributed by atoms with E-state index in [1.54, 1.807) is 0 Å². The summed E-state index contributed by atoms with van der Waals surface area (Å²) in [6.07, 6.45) is 0. The van der Waals surface area contributed by atoms with E-state index in [4.69, 9.17) is 0 Å². The third-order valence-electron chi connectivity index (χ3n) is 3.54. The van der Waals surface area contributed by atoms with E-state index in [0.29, 0.717) is 0 Å². The topological polar surface area (TPSA) is 3.24 Å². The molecular weight excluding hydrogens is 242 g/mol. The van der Waals surface area contributed by atoms with Crippen LogP contribution in [0.3, 0.4) is 0 Å². The van der Waals surface area contributed by atoms with E-state index < -0.39 is 0 Å². The molecule has 1 heteroatoms. The van der Waals surface area contributed by atoms with E-state index in [9.17, 15) is 0 Å². The van der Waals surface area contributed by atoms with Gasteiger partial charge in [0.05, 0.1) is 0 Å². The average molecular weight is 267 g/mol. The van der Waals surface area contributed by atoms with Crippen LogP contribution in [0, 0.1) is 0 Å². The normalized spacial score (nSPS) is 11.9. The van der Waals surface area contributed by atoms with Crippen LogP contribution in [0.4, 0.5) is 0 Å². The predicted molar refractivity (Wildman–Crippen MR) is 88.0 cm³/mol. The van der Waals surface area contributed by atoms with Gasteiger partial charge < -0.3 is 4.90 Å². The van der Waals surface area contributed by atoms with Gasteiger partial charge in [-0.1, -0.05) is 69.3 Å². The molecule has 0 aliphatic heterocycles. The molecule has 0 amide bonds. The first-order valence-corrected chi connectivity index (χ1v) is 7.21. The Labute approximate surface area is 123 Å². The van der Waals surface area contributed by atoms with Crippen molar-refractivity contribution in [3.05, 3.63) is 59.7 Å². The van der Waals surface area contributed by atoms with Gasteiger partial charge in [0.1, 0.15) is 0 Å². The van der Waals surface area contributed by atoms with Crippen molar-refractivity contribution in [3.63, 3.8) is 0 Å². The van der Waals surface area contributed by atoms with Crippen molar-refractivity contribution >= 4 is 0 Å². The van der Waals surface area contributed by atoms with Gasteiger partial charge in [-0.25, -0.2) is 0 Å². The van der Waals surface area contributed by atoms with Gasteiger partial charge >= 0.3 is 0 Å². The number of nitrogens with zero attached hydrogens (tertiary/aromatic N) is 1. The summed E-state index contributed by atoms with van der Waals surface area (Å²) in [4.78, 5) is 2.21. The van der Waals surface area contributed by atoms with Gasteiger partial charge in [-0.05, 0) is 41.8 Å². The van der Waals surface area contributed by atoms with Crippen LogP contribution in [-0.4, -0.2) is 19.0 Å². The Kier molecular flexibility index (Phi) is 4.29. The Morgan fingerprint density at radius 1 is 0.900 bits per heavy atom. The van der Waals surface area contributed by atoms with Crippen LogP contribution in [0.5, 0.6) is 0 Å². The van der Waals surface area contributed by atoms with E-state index in [0.717, 1.165) is 6.54 Å². The fourth-order valence-electron chi connectivity index (χ4n) is 2.43. The summed E-state index contributed by atoms with van der Waals surface area (Å²) in [5.41, 5.74) is 5.60. The van der Waals surface area contributed by atoms with Crippen LogP contribution < -0.4 is 0 Å². The van der Waals surface area contributed by atoms with Crippen molar-refractivity contribution < 1.29 is 0 Å². The monoisotopic (exact) mass is 267 g/mol. The highest BCUT2D eigenvalue weighted by Crippen LogP contribution is 2.29. The highest BCUT2D eigenvalue weighted by molar-refractivity contribution is 5.68. The lowest BCUT2D eigenvalue weighted by molar-refractivity contribution is 0.403. The molecule has 2 aromatic rings. The zero-order chi connectivity index (χ0) is 14.8. The summed E-state index contributed by atoms with van der Waals surface area (Å²) in [5, 5.41) is 0. The first-order valence-electron chi connectivity index (χ1n) is 7.21. The fourth-order valence-corrected chi connectivity index (χ4v) is 2.43. The molecule has 0 aliphatic rings. The van der Waals surface area contributed by atoms with E-state index in [2.05, 4.69) is 88.3 Å². The third-order valence-corrected chi connectivity index (χ3v) is 3.54. The van der Waals surface area contributed by atoms with Gasteiger partial charge in [0.2, 0.25) is 0 Å². The number of benzene rings is 2. The standard InChI is InChI=1S/C19H25N/c1-19(2,3)17-11-8-10-15(13-17)18-12-7-6-9-16(18)14-20(4)5/h6-13H,14H2,1-5H3. The van der Waals surface area contributed by atoms with Crippen molar-refractivity contribution in [2.45, 2.75) is 32.7 Å². The second-order valence-electron chi connectivity index (χ2n) is 6.73. The molecule has 0 saturated carbocycles. The molecule has 2 rings (SSSR count). The molecule has 0 fully saturated rings. The van der Waals surface area contributed by atoms with Gasteiger partial charge in [-0.3, -0.25) is 0 Å². The van der Waals surface area contributed by atoms with Crippen LogP contribution in [0.25, 0.3) is 11.1 Å². The lowest BCUT2D eigenvalue weighted by Gasteiger charge is -2.21. The van der Waals surface area contributed by atoms with Crippen LogP contribution in [0.2, 0.25) is 0 Å². The Morgan fingerprint density at radius 3 is 2.25 bits per heavy atom. The minimum Gasteiger partial charge on any atom is -0.305 e. The molecule has 0 spiro atoms. The van der Waals surface area contributed by atoms with Crippen LogP contribution in [-0.2, 0) is 12.0 Å². The lowest BCUT2D eigenvalue weighted by atomic mass is 9.85. The summed E-state index contributed by atoms with van der Waals surface area (Å²) in [7, 11) is 4.23. The summed E-state index contributed by atoms with van der Waals surface area (Å²) in [6.45, 7) is 7.75. The first kappa shape index (κ1) is 14.8. The zero-order valence-electron chi connectivity index (χ0n) is 13.3. The van der Waals surface area contributed by atoms with Crippen molar-refractivity contribution in [1.29, 1.82) is 0 Å². The molecule has 106 valence electrons. The summed E-state index contributed by atoms with van der Waals surface area (Å²) in [5.74, 6) is 0. The predicted octanol–water partition coefficient (Wildman–Crippen LogP) is 4.71. The molecule has 0 unspecified atom stereocenters. The number of hydrogen-bond acceptors (Lipinski definition) is 1. The molecule has 0 radical (unpaired) electrons. The van der Waals surface area contributed by atoms with Gasteiger partial charge in [0, 0.05) is 6.54 Å². The summed E-state index contributed by atoms with van der Waals surface area (Å²) < 4.78 is 0. The molecule has 0 heterocycles. The SMILES string of the molecule is CN(C)Cc1ccccc1-c1cccc(C(C)(C)C)c1. The maximum atomic E-state index is 2.33. The minimum atomic E-state index is 0.187. The molecular formula is C19H25N. The molecule has 1 nitrogen and oxygen atoms in total. The number of hydrogen-bond donors (Lipinski definition) is 0. The molecule has 0 aliphatic carbocycles.